The molecule has 1 N–H and O–H groups in total. The Morgan fingerprint density at radius 2 is 1.81 bits per heavy atom. The Hall–Kier alpha value is -2.25. The van der Waals surface area contributed by atoms with E-state index in [1.54, 1.807) is 24.3 Å². The molecule has 1 aromatic carbocycles. The molecule has 0 spiro atoms. The highest BCUT2D eigenvalue weighted by atomic mass is 35.5. The number of benzene rings is 1. The van der Waals surface area contributed by atoms with Gasteiger partial charge < -0.3 is 4.90 Å². The number of carbonyl (C=O) groups excluding carboxylic acids is 3. The second-order valence-corrected chi connectivity index (χ2v) is 6.82. The molecular formula is C18H21ClN4O3. The summed E-state index contributed by atoms with van der Waals surface area (Å²) in [4.78, 5) is 44.3. The number of halogens is 1. The van der Waals surface area contributed by atoms with E-state index in [-0.39, 0.29) is 0 Å². The molecule has 0 saturated carbocycles. The molecule has 4 amide bonds. The van der Waals surface area contributed by atoms with Crippen molar-refractivity contribution in [3.05, 3.63) is 29.3 Å². The first kappa shape index (κ1) is 18.5. The van der Waals surface area contributed by atoms with Gasteiger partial charge in [0, 0.05) is 17.8 Å². The molecule has 8 heteroatoms. The summed E-state index contributed by atoms with van der Waals surface area (Å²) in [5.41, 5.74) is 0.358. The molecule has 2 aliphatic heterocycles. The monoisotopic (exact) mass is 376 g/mol. The molecule has 0 aliphatic carbocycles. The van der Waals surface area contributed by atoms with Gasteiger partial charge in [-0.3, -0.25) is 19.9 Å². The summed E-state index contributed by atoms with van der Waals surface area (Å²) in [6.45, 7) is 3.46. The molecule has 1 atom stereocenters. The number of carbonyl (C=O) groups is 3. The van der Waals surface area contributed by atoms with Crippen molar-refractivity contribution in [2.75, 3.05) is 31.1 Å². The highest BCUT2D eigenvalue weighted by Crippen LogP contribution is 2.22. The van der Waals surface area contributed by atoms with Gasteiger partial charge in [0.25, 0.3) is 5.91 Å². The predicted octanol–water partition coefficient (Wildman–Crippen LogP) is 2.10. The van der Waals surface area contributed by atoms with Crippen molar-refractivity contribution in [2.24, 2.45) is 10.9 Å². The number of anilines is 1. The van der Waals surface area contributed by atoms with Crippen LogP contribution in [0.25, 0.3) is 0 Å². The number of nitrogens with one attached hydrogen (secondary N) is 1. The lowest BCUT2D eigenvalue weighted by atomic mass is 10.1. The van der Waals surface area contributed by atoms with Crippen molar-refractivity contribution in [1.82, 2.24) is 10.2 Å². The molecule has 0 aromatic heterocycles. The van der Waals surface area contributed by atoms with Gasteiger partial charge in [-0.15, -0.1) is 0 Å². The van der Waals surface area contributed by atoms with Crippen molar-refractivity contribution in [3.8, 4) is 0 Å². The van der Waals surface area contributed by atoms with Crippen LogP contribution in [0.1, 0.15) is 19.3 Å². The molecule has 0 radical (unpaired) electrons. The number of amides is 4. The van der Waals surface area contributed by atoms with Crippen LogP contribution in [0.2, 0.25) is 5.02 Å². The van der Waals surface area contributed by atoms with Crippen molar-refractivity contribution in [3.63, 3.8) is 0 Å². The number of hydrogen-bond acceptors (Lipinski definition) is 5. The van der Waals surface area contributed by atoms with Gasteiger partial charge >= 0.3 is 6.03 Å². The van der Waals surface area contributed by atoms with Crippen LogP contribution in [-0.2, 0) is 9.59 Å². The third-order valence-electron chi connectivity index (χ3n) is 4.54. The molecular weight excluding hydrogens is 356 g/mol. The summed E-state index contributed by atoms with van der Waals surface area (Å²) in [6.07, 6.45) is 5.01. The minimum Gasteiger partial charge on any atom is -0.302 e. The van der Waals surface area contributed by atoms with E-state index in [0.29, 0.717) is 17.3 Å². The Labute approximate surface area is 157 Å². The molecule has 1 aromatic rings. The number of aliphatic imine (C=N–C) groups is 1. The molecule has 2 fully saturated rings. The summed E-state index contributed by atoms with van der Waals surface area (Å²) in [5.74, 6) is -2.36. The van der Waals surface area contributed by atoms with Gasteiger partial charge in [0.05, 0.1) is 12.2 Å². The van der Waals surface area contributed by atoms with Crippen LogP contribution in [0.3, 0.4) is 0 Å². The minimum absolute atomic E-state index is 0.358. The van der Waals surface area contributed by atoms with E-state index in [4.69, 9.17) is 11.6 Å². The maximum atomic E-state index is 12.6. The molecule has 26 heavy (non-hydrogen) atoms. The lowest BCUT2D eigenvalue weighted by Gasteiger charge is -2.28. The van der Waals surface area contributed by atoms with Gasteiger partial charge in [-0.1, -0.05) is 18.0 Å². The van der Waals surface area contributed by atoms with Crippen molar-refractivity contribution in [2.45, 2.75) is 19.3 Å². The van der Waals surface area contributed by atoms with Gasteiger partial charge in [-0.05, 0) is 50.2 Å². The van der Waals surface area contributed by atoms with Crippen LogP contribution < -0.4 is 10.2 Å². The smallest absolute Gasteiger partial charge is 0.302 e. The van der Waals surface area contributed by atoms with Gasteiger partial charge in [-0.25, -0.2) is 9.69 Å². The first-order valence-corrected chi connectivity index (χ1v) is 9.11. The van der Waals surface area contributed by atoms with Gasteiger partial charge in [0.15, 0.2) is 5.92 Å². The van der Waals surface area contributed by atoms with E-state index >= 15 is 0 Å². The normalized spacial score (nSPS) is 22.1. The largest absolute Gasteiger partial charge is 0.335 e. The van der Waals surface area contributed by atoms with Crippen molar-refractivity contribution < 1.29 is 14.4 Å². The lowest BCUT2D eigenvalue weighted by molar-refractivity contribution is -0.131. The zero-order chi connectivity index (χ0) is 18.5. The average molecular weight is 377 g/mol. The van der Waals surface area contributed by atoms with Crippen LogP contribution in [0, 0.1) is 5.92 Å². The topological polar surface area (TPSA) is 82.1 Å². The number of nitrogens with zero attached hydrogens (tertiary/aromatic N) is 3. The fourth-order valence-electron chi connectivity index (χ4n) is 3.12. The number of imide groups is 2. The fraction of sp³-hybridized carbons (Fsp3) is 0.444. The molecule has 2 aliphatic rings. The van der Waals surface area contributed by atoms with E-state index < -0.39 is 23.8 Å². The Balaban J connectivity index is 1.65. The van der Waals surface area contributed by atoms with Crippen molar-refractivity contribution in [1.29, 1.82) is 0 Å². The number of rotatable bonds is 5. The van der Waals surface area contributed by atoms with E-state index in [9.17, 15) is 14.4 Å². The highest BCUT2D eigenvalue weighted by molar-refractivity contribution is 6.33. The molecule has 0 unspecified atom stereocenters. The molecule has 3 rings (SSSR count). The Bertz CT molecular complexity index is 714. The maximum Gasteiger partial charge on any atom is 0.335 e. The van der Waals surface area contributed by atoms with Crippen LogP contribution >= 0.6 is 11.6 Å². The molecule has 7 nitrogen and oxygen atoms in total. The van der Waals surface area contributed by atoms with Crippen LogP contribution in [-0.4, -0.2) is 55.1 Å². The Kier molecular flexibility index (Phi) is 6.00. The second kappa shape index (κ2) is 8.42. The van der Waals surface area contributed by atoms with E-state index in [1.165, 1.54) is 25.5 Å². The van der Waals surface area contributed by atoms with Crippen molar-refractivity contribution >= 4 is 41.3 Å². The fourth-order valence-corrected chi connectivity index (χ4v) is 3.24. The zero-order valence-corrected chi connectivity index (χ0v) is 15.1. The van der Waals surface area contributed by atoms with Gasteiger partial charge in [-0.2, -0.15) is 0 Å². The summed E-state index contributed by atoms with van der Waals surface area (Å²) in [7, 11) is 0. The summed E-state index contributed by atoms with van der Waals surface area (Å²) < 4.78 is 0. The summed E-state index contributed by atoms with van der Waals surface area (Å²) >= 11 is 5.84. The first-order valence-electron chi connectivity index (χ1n) is 8.73. The number of urea groups is 1. The SMILES string of the molecule is O=C1NC(=O)N(c2ccc(Cl)cc2)C(=O)[C@@H]1C=NCCN1CCCCC1. The van der Waals surface area contributed by atoms with Crippen LogP contribution in [0.4, 0.5) is 10.5 Å². The summed E-state index contributed by atoms with van der Waals surface area (Å²) in [5, 5.41) is 2.70. The van der Waals surface area contributed by atoms with Gasteiger partial charge in [0.1, 0.15) is 0 Å². The number of piperidine rings is 1. The molecule has 138 valence electrons. The number of likely N-dealkylation sites (tertiary alicyclic amines) is 1. The lowest BCUT2D eigenvalue weighted by Crippen LogP contribution is -2.58. The summed E-state index contributed by atoms with van der Waals surface area (Å²) in [6, 6.07) is 5.51. The minimum atomic E-state index is -1.11. The first-order chi connectivity index (χ1) is 12.6. The van der Waals surface area contributed by atoms with Crippen LogP contribution in [0.5, 0.6) is 0 Å². The van der Waals surface area contributed by atoms with E-state index in [0.717, 1.165) is 24.5 Å². The molecule has 2 heterocycles. The maximum absolute atomic E-state index is 12.6. The average Bonchev–Trinajstić information content (AvgIpc) is 2.63. The molecule has 2 saturated heterocycles. The van der Waals surface area contributed by atoms with Gasteiger partial charge in [0.2, 0.25) is 5.91 Å². The standard InChI is InChI=1S/C18H21ClN4O3/c19-13-4-6-14(7-5-13)23-17(25)15(16(24)21-18(23)26)12-20-8-11-22-9-2-1-3-10-22/h4-7,12,15H,1-3,8-11H2,(H,21,24,26)/t15-/m1/s1. The molecule has 0 bridgehead atoms. The Morgan fingerprint density at radius 1 is 1.12 bits per heavy atom. The Morgan fingerprint density at radius 3 is 2.50 bits per heavy atom. The van der Waals surface area contributed by atoms with E-state index in [1.807, 2.05) is 0 Å². The number of barbiturate groups is 1. The second-order valence-electron chi connectivity index (χ2n) is 6.38. The zero-order valence-electron chi connectivity index (χ0n) is 14.4. The van der Waals surface area contributed by atoms with Crippen LogP contribution in [0.15, 0.2) is 29.3 Å². The predicted molar refractivity (Wildman–Crippen MR) is 99.6 cm³/mol. The third kappa shape index (κ3) is 4.28. The quantitative estimate of drug-likeness (QED) is 0.630. The number of hydrogen-bond donors (Lipinski definition) is 1. The third-order valence-corrected chi connectivity index (χ3v) is 4.79. The van der Waals surface area contributed by atoms with E-state index in [2.05, 4.69) is 15.2 Å². The highest BCUT2D eigenvalue weighted by Gasteiger charge is 2.40.